The molecule has 19 heavy (non-hydrogen) atoms. The first-order chi connectivity index (χ1) is 8.54. The minimum Gasteiger partial charge on any atom is -0.306 e. The normalized spacial score (nSPS) is 11.3. The lowest BCUT2D eigenvalue weighted by molar-refractivity contribution is -0.143. The van der Waals surface area contributed by atoms with Crippen LogP contribution >= 0.6 is 23.7 Å². The Hall–Kier alpha value is -1.05. The lowest BCUT2D eigenvalue weighted by Gasteiger charge is -2.10. The van der Waals surface area contributed by atoms with Gasteiger partial charge in [-0.3, -0.25) is 4.68 Å². The van der Waals surface area contributed by atoms with Crippen LogP contribution in [-0.4, -0.2) is 16.0 Å². The van der Waals surface area contributed by atoms with Crippen LogP contribution in [0.3, 0.4) is 0 Å². The van der Waals surface area contributed by atoms with Crippen LogP contribution in [0, 0.1) is 0 Å². The Morgan fingerprint density at radius 3 is 2.68 bits per heavy atom. The molecule has 2 heterocycles. The van der Waals surface area contributed by atoms with Gasteiger partial charge in [0, 0.05) is 24.2 Å². The number of alkyl halides is 3. The zero-order valence-corrected chi connectivity index (χ0v) is 11.5. The number of nitrogens with zero attached hydrogens (tertiary/aromatic N) is 2. The van der Waals surface area contributed by atoms with Crippen LogP contribution in [0.25, 0.3) is 0 Å². The van der Waals surface area contributed by atoms with E-state index in [-0.39, 0.29) is 12.4 Å². The van der Waals surface area contributed by atoms with E-state index in [0.29, 0.717) is 18.8 Å². The van der Waals surface area contributed by atoms with Crippen LogP contribution in [0.5, 0.6) is 0 Å². The molecule has 2 aromatic heterocycles. The highest BCUT2D eigenvalue weighted by molar-refractivity contribution is 7.09. The fourth-order valence-corrected chi connectivity index (χ4v) is 2.22. The molecular weight excluding hydrogens is 299 g/mol. The zero-order chi connectivity index (χ0) is 13.0. The summed E-state index contributed by atoms with van der Waals surface area (Å²) in [6.45, 7) is -0.0289. The second-order valence-corrected chi connectivity index (χ2v) is 4.81. The molecule has 0 aliphatic rings. The molecule has 0 saturated carbocycles. The number of aromatic nitrogens is 2. The Morgan fingerprint density at radius 2 is 2.05 bits per heavy atom. The number of hydrogen-bond donors (Lipinski definition) is 1. The number of rotatable bonds is 5. The molecule has 0 radical (unpaired) electrons. The van der Waals surface area contributed by atoms with Gasteiger partial charge in [-0.2, -0.15) is 18.3 Å². The van der Waals surface area contributed by atoms with E-state index < -0.39 is 12.7 Å². The molecule has 0 aliphatic heterocycles. The Morgan fingerprint density at radius 1 is 1.26 bits per heavy atom. The molecule has 0 saturated heterocycles. The van der Waals surface area contributed by atoms with Crippen molar-refractivity contribution >= 4 is 23.7 Å². The maximum absolute atomic E-state index is 12.3. The predicted molar refractivity (Wildman–Crippen MR) is 70.4 cm³/mol. The summed E-state index contributed by atoms with van der Waals surface area (Å²) in [5.41, 5.74) is 0.531. The predicted octanol–water partition coefficient (Wildman–Crippen LogP) is 3.22. The third kappa shape index (κ3) is 5.22. The van der Waals surface area contributed by atoms with Gasteiger partial charge in [-0.05, 0) is 17.5 Å². The minimum atomic E-state index is -4.24. The quantitative estimate of drug-likeness (QED) is 0.919. The van der Waals surface area contributed by atoms with Gasteiger partial charge in [0.15, 0.2) is 0 Å². The first-order valence-corrected chi connectivity index (χ1v) is 6.23. The highest BCUT2D eigenvalue weighted by atomic mass is 35.5. The van der Waals surface area contributed by atoms with E-state index in [4.69, 9.17) is 0 Å². The van der Waals surface area contributed by atoms with Crippen molar-refractivity contribution in [1.82, 2.24) is 15.1 Å². The van der Waals surface area contributed by atoms with Crippen molar-refractivity contribution in [3.05, 3.63) is 40.3 Å². The van der Waals surface area contributed by atoms with Gasteiger partial charge < -0.3 is 5.32 Å². The van der Waals surface area contributed by atoms with Crippen molar-refractivity contribution in [2.75, 3.05) is 0 Å². The van der Waals surface area contributed by atoms with E-state index >= 15 is 0 Å². The topological polar surface area (TPSA) is 29.9 Å². The number of hydrogen-bond acceptors (Lipinski definition) is 3. The van der Waals surface area contributed by atoms with Gasteiger partial charge in [0.25, 0.3) is 0 Å². The van der Waals surface area contributed by atoms with E-state index in [1.807, 2.05) is 17.5 Å². The molecule has 0 bridgehead atoms. The van der Waals surface area contributed by atoms with Gasteiger partial charge in [-0.1, -0.05) is 6.07 Å². The molecule has 0 unspecified atom stereocenters. The van der Waals surface area contributed by atoms with Crippen molar-refractivity contribution in [3.8, 4) is 0 Å². The summed E-state index contributed by atoms with van der Waals surface area (Å²) in [5, 5.41) is 8.74. The molecule has 2 aromatic rings. The molecule has 0 fully saturated rings. The highest BCUT2D eigenvalue weighted by Crippen LogP contribution is 2.18. The number of nitrogens with one attached hydrogen (secondary N) is 1. The molecule has 0 atom stereocenters. The molecular formula is C11H13ClF3N3S. The summed E-state index contributed by atoms with van der Waals surface area (Å²) in [6.07, 6.45) is -2.86. The first-order valence-electron chi connectivity index (χ1n) is 5.35. The van der Waals surface area contributed by atoms with Gasteiger partial charge >= 0.3 is 6.18 Å². The monoisotopic (exact) mass is 311 g/mol. The van der Waals surface area contributed by atoms with Crippen molar-refractivity contribution in [2.45, 2.75) is 25.8 Å². The fourth-order valence-electron chi connectivity index (χ4n) is 1.55. The summed E-state index contributed by atoms with van der Waals surface area (Å²) >= 11 is 1.61. The maximum atomic E-state index is 12.3. The van der Waals surface area contributed by atoms with Crippen LogP contribution in [0.15, 0.2) is 29.8 Å². The summed E-state index contributed by atoms with van der Waals surface area (Å²) < 4.78 is 37.8. The standard InChI is InChI=1S/C11H12F3N3S.ClH/c12-11(13,14)8-17-9(3-4-16-17)6-15-7-10-2-1-5-18-10;/h1-5,15H,6-8H2;1H. The van der Waals surface area contributed by atoms with Crippen molar-refractivity contribution in [2.24, 2.45) is 0 Å². The SMILES string of the molecule is Cl.FC(F)(F)Cn1nccc1CNCc1cccs1. The molecule has 0 amide bonds. The first kappa shape index (κ1) is 16.0. The Kier molecular flexibility index (Phi) is 5.84. The van der Waals surface area contributed by atoms with Gasteiger partial charge in [0.05, 0.1) is 5.69 Å². The molecule has 8 heteroatoms. The maximum Gasteiger partial charge on any atom is 0.408 e. The molecule has 1 N–H and O–H groups in total. The third-order valence-corrected chi connectivity index (χ3v) is 3.20. The second kappa shape index (κ2) is 6.93. The average molecular weight is 312 g/mol. The Labute approximate surface area is 118 Å². The van der Waals surface area contributed by atoms with E-state index in [9.17, 15) is 13.2 Å². The van der Waals surface area contributed by atoms with Crippen molar-refractivity contribution in [1.29, 1.82) is 0 Å². The molecule has 0 aromatic carbocycles. The third-order valence-electron chi connectivity index (χ3n) is 2.32. The fraction of sp³-hybridized carbons (Fsp3) is 0.364. The van der Waals surface area contributed by atoms with Crippen LogP contribution in [0.2, 0.25) is 0 Å². The van der Waals surface area contributed by atoms with Gasteiger partial charge in [-0.25, -0.2) is 0 Å². The summed E-state index contributed by atoms with van der Waals surface area (Å²) in [4.78, 5) is 1.15. The van der Waals surface area contributed by atoms with E-state index in [1.165, 1.54) is 6.20 Å². The number of halogens is 4. The Bertz CT molecular complexity index is 482. The Balaban J connectivity index is 0.00000180. The summed E-state index contributed by atoms with van der Waals surface area (Å²) in [5.74, 6) is 0. The average Bonchev–Trinajstić information content (AvgIpc) is 2.89. The van der Waals surface area contributed by atoms with Gasteiger partial charge in [0.2, 0.25) is 0 Å². The van der Waals surface area contributed by atoms with Crippen LogP contribution in [0.4, 0.5) is 13.2 Å². The van der Waals surface area contributed by atoms with Crippen molar-refractivity contribution < 1.29 is 13.2 Å². The smallest absolute Gasteiger partial charge is 0.306 e. The molecule has 3 nitrogen and oxygen atoms in total. The lowest BCUT2D eigenvalue weighted by atomic mass is 10.4. The lowest BCUT2D eigenvalue weighted by Crippen LogP contribution is -2.22. The van der Waals surface area contributed by atoms with Crippen LogP contribution < -0.4 is 5.32 Å². The molecule has 106 valence electrons. The van der Waals surface area contributed by atoms with Gasteiger partial charge in [-0.15, -0.1) is 23.7 Å². The highest BCUT2D eigenvalue weighted by Gasteiger charge is 2.29. The summed E-state index contributed by atoms with van der Waals surface area (Å²) in [7, 11) is 0. The molecule has 0 aliphatic carbocycles. The molecule has 2 rings (SSSR count). The zero-order valence-electron chi connectivity index (χ0n) is 9.85. The van der Waals surface area contributed by atoms with Crippen LogP contribution in [0.1, 0.15) is 10.6 Å². The van der Waals surface area contributed by atoms with E-state index in [2.05, 4.69) is 10.4 Å². The number of thiophene rings is 1. The second-order valence-electron chi connectivity index (χ2n) is 3.78. The van der Waals surface area contributed by atoms with Crippen molar-refractivity contribution in [3.63, 3.8) is 0 Å². The van der Waals surface area contributed by atoms with Gasteiger partial charge in [0.1, 0.15) is 6.54 Å². The van der Waals surface area contributed by atoms with E-state index in [0.717, 1.165) is 9.56 Å². The minimum absolute atomic E-state index is 0. The molecule has 0 spiro atoms. The largest absolute Gasteiger partial charge is 0.408 e. The van der Waals surface area contributed by atoms with Crippen LogP contribution in [-0.2, 0) is 19.6 Å². The summed E-state index contributed by atoms with van der Waals surface area (Å²) in [6, 6.07) is 5.51. The van der Waals surface area contributed by atoms with E-state index in [1.54, 1.807) is 17.4 Å².